The third kappa shape index (κ3) is 2.20. The number of nitrogens with one attached hydrogen (secondary N) is 1. The van der Waals surface area contributed by atoms with Crippen LogP contribution in [-0.2, 0) is 6.54 Å². The van der Waals surface area contributed by atoms with Gasteiger partial charge in [0.1, 0.15) is 0 Å². The first-order valence-corrected chi connectivity index (χ1v) is 5.47. The molecule has 0 spiro atoms. The molecule has 88 valence electrons. The molecule has 0 bridgehead atoms. The first-order valence-electron chi connectivity index (χ1n) is 5.47. The van der Waals surface area contributed by atoms with E-state index in [1.807, 2.05) is 0 Å². The van der Waals surface area contributed by atoms with E-state index in [1.54, 1.807) is 12.1 Å². The van der Waals surface area contributed by atoms with Crippen LogP contribution in [0.25, 0.3) is 0 Å². The van der Waals surface area contributed by atoms with E-state index in [1.165, 1.54) is 6.26 Å². The molecule has 6 nitrogen and oxygen atoms in total. The third-order valence-electron chi connectivity index (χ3n) is 2.57. The second-order valence-corrected chi connectivity index (χ2v) is 3.98. The molecule has 17 heavy (non-hydrogen) atoms. The summed E-state index contributed by atoms with van der Waals surface area (Å²) in [6.45, 7) is 0.221. The summed E-state index contributed by atoms with van der Waals surface area (Å²) in [4.78, 5) is 15.7. The summed E-state index contributed by atoms with van der Waals surface area (Å²) in [6, 6.07) is 3.26. The van der Waals surface area contributed by atoms with E-state index in [0.29, 0.717) is 11.8 Å². The largest absolute Gasteiger partial charge is 0.459 e. The molecular weight excluding hydrogens is 222 g/mol. The minimum absolute atomic E-state index is 0.221. The zero-order chi connectivity index (χ0) is 11.7. The Morgan fingerprint density at radius 3 is 3.12 bits per heavy atom. The third-order valence-corrected chi connectivity index (χ3v) is 2.57. The Labute approximate surface area is 97.0 Å². The number of hydrogen-bond donors (Lipinski definition) is 1. The number of hydrogen-bond acceptors (Lipinski definition) is 5. The van der Waals surface area contributed by atoms with Crippen molar-refractivity contribution in [3.8, 4) is 0 Å². The van der Waals surface area contributed by atoms with Crippen molar-refractivity contribution < 1.29 is 13.7 Å². The summed E-state index contributed by atoms with van der Waals surface area (Å²) in [5, 5.41) is 6.50. The Kier molecular flexibility index (Phi) is 2.40. The smallest absolute Gasteiger partial charge is 0.287 e. The van der Waals surface area contributed by atoms with Gasteiger partial charge in [-0.1, -0.05) is 5.16 Å². The monoisotopic (exact) mass is 233 g/mol. The molecule has 6 heteroatoms. The molecule has 1 N–H and O–H groups in total. The van der Waals surface area contributed by atoms with Crippen molar-refractivity contribution in [2.24, 2.45) is 0 Å². The van der Waals surface area contributed by atoms with E-state index in [9.17, 15) is 4.79 Å². The van der Waals surface area contributed by atoms with Crippen molar-refractivity contribution >= 4 is 5.91 Å². The summed E-state index contributed by atoms with van der Waals surface area (Å²) < 4.78 is 9.99. The average molecular weight is 233 g/mol. The summed E-state index contributed by atoms with van der Waals surface area (Å²) in [6.07, 6.45) is 3.70. The highest BCUT2D eigenvalue weighted by Crippen LogP contribution is 2.37. The van der Waals surface area contributed by atoms with Crippen molar-refractivity contribution in [3.63, 3.8) is 0 Å². The van der Waals surface area contributed by atoms with Gasteiger partial charge in [-0.05, 0) is 25.0 Å². The molecule has 0 unspecified atom stereocenters. The maximum atomic E-state index is 11.5. The maximum absolute atomic E-state index is 11.5. The quantitative estimate of drug-likeness (QED) is 0.864. The lowest BCUT2D eigenvalue weighted by molar-refractivity contribution is 0.0918. The molecule has 1 aliphatic rings. The van der Waals surface area contributed by atoms with E-state index >= 15 is 0 Å². The lowest BCUT2D eigenvalue weighted by Crippen LogP contribution is -2.22. The van der Waals surface area contributed by atoms with Crippen LogP contribution in [-0.4, -0.2) is 16.0 Å². The van der Waals surface area contributed by atoms with Gasteiger partial charge in [0.2, 0.25) is 5.89 Å². The van der Waals surface area contributed by atoms with Crippen molar-refractivity contribution in [1.29, 1.82) is 0 Å². The fourth-order valence-corrected chi connectivity index (χ4v) is 1.50. The van der Waals surface area contributed by atoms with Crippen molar-refractivity contribution in [1.82, 2.24) is 15.5 Å². The lowest BCUT2D eigenvalue weighted by Gasteiger charge is -1.97. The summed E-state index contributed by atoms with van der Waals surface area (Å²) in [5.41, 5.74) is 0. The second-order valence-electron chi connectivity index (χ2n) is 3.98. The Morgan fingerprint density at radius 2 is 2.41 bits per heavy atom. The number of aromatic nitrogens is 2. The number of nitrogens with zero attached hydrogens (tertiary/aromatic N) is 2. The molecule has 1 saturated carbocycles. The van der Waals surface area contributed by atoms with Gasteiger partial charge in [-0.2, -0.15) is 4.98 Å². The molecule has 2 aromatic heterocycles. The highest BCUT2D eigenvalue weighted by atomic mass is 16.5. The van der Waals surface area contributed by atoms with Crippen LogP contribution in [0.3, 0.4) is 0 Å². The number of carbonyl (C=O) groups excluding carboxylic acids is 1. The molecular formula is C11H11N3O3. The van der Waals surface area contributed by atoms with Crippen LogP contribution in [0.1, 0.15) is 41.0 Å². The van der Waals surface area contributed by atoms with Crippen LogP contribution in [0.15, 0.2) is 27.3 Å². The molecule has 1 fully saturated rings. The van der Waals surface area contributed by atoms with Gasteiger partial charge in [-0.3, -0.25) is 4.79 Å². The second kappa shape index (κ2) is 4.04. The molecule has 0 atom stereocenters. The van der Waals surface area contributed by atoms with Crippen LogP contribution < -0.4 is 5.32 Å². The van der Waals surface area contributed by atoms with Gasteiger partial charge in [-0.15, -0.1) is 0 Å². The van der Waals surface area contributed by atoms with Crippen molar-refractivity contribution in [3.05, 3.63) is 35.9 Å². The predicted molar refractivity (Wildman–Crippen MR) is 56.2 cm³/mol. The minimum Gasteiger partial charge on any atom is -0.459 e. The SMILES string of the molecule is O=C(NCc1nc(C2CC2)no1)c1ccco1. The van der Waals surface area contributed by atoms with E-state index in [0.717, 1.165) is 18.7 Å². The van der Waals surface area contributed by atoms with Crippen LogP contribution in [0, 0.1) is 0 Å². The number of carbonyl (C=O) groups is 1. The fourth-order valence-electron chi connectivity index (χ4n) is 1.50. The average Bonchev–Trinajstić information content (AvgIpc) is 2.88. The predicted octanol–water partition coefficient (Wildman–Crippen LogP) is 1.47. The van der Waals surface area contributed by atoms with Gasteiger partial charge in [0.15, 0.2) is 11.6 Å². The Morgan fingerprint density at radius 1 is 1.53 bits per heavy atom. The zero-order valence-electron chi connectivity index (χ0n) is 9.05. The number of rotatable bonds is 4. The highest BCUT2D eigenvalue weighted by molar-refractivity contribution is 5.91. The fraction of sp³-hybridized carbons (Fsp3) is 0.364. The molecule has 3 rings (SSSR count). The number of furan rings is 1. The normalized spacial score (nSPS) is 14.8. The molecule has 2 aromatic rings. The van der Waals surface area contributed by atoms with Crippen LogP contribution in [0.2, 0.25) is 0 Å². The van der Waals surface area contributed by atoms with Crippen LogP contribution in [0.5, 0.6) is 0 Å². The van der Waals surface area contributed by atoms with Gasteiger partial charge in [0.05, 0.1) is 12.8 Å². The van der Waals surface area contributed by atoms with Gasteiger partial charge < -0.3 is 14.3 Å². The molecule has 0 aromatic carbocycles. The van der Waals surface area contributed by atoms with Crippen molar-refractivity contribution in [2.45, 2.75) is 25.3 Å². The highest BCUT2D eigenvalue weighted by Gasteiger charge is 2.28. The van der Waals surface area contributed by atoms with E-state index in [4.69, 9.17) is 8.94 Å². The molecule has 1 amide bonds. The summed E-state index contributed by atoms with van der Waals surface area (Å²) in [5.74, 6) is 1.60. The standard InChI is InChI=1S/C11H11N3O3/c15-11(8-2-1-5-16-8)12-6-9-13-10(14-17-9)7-3-4-7/h1-2,5,7H,3-4,6H2,(H,12,15). The van der Waals surface area contributed by atoms with Crippen LogP contribution in [0.4, 0.5) is 0 Å². The van der Waals surface area contributed by atoms with Gasteiger partial charge >= 0.3 is 0 Å². The van der Waals surface area contributed by atoms with Gasteiger partial charge in [-0.25, -0.2) is 0 Å². The van der Waals surface area contributed by atoms with Gasteiger partial charge in [0, 0.05) is 5.92 Å². The van der Waals surface area contributed by atoms with Gasteiger partial charge in [0.25, 0.3) is 5.91 Å². The summed E-state index contributed by atoms with van der Waals surface area (Å²) >= 11 is 0. The van der Waals surface area contributed by atoms with E-state index in [2.05, 4.69) is 15.5 Å². The minimum atomic E-state index is -0.291. The molecule has 1 aliphatic carbocycles. The Hall–Kier alpha value is -2.11. The topological polar surface area (TPSA) is 81.2 Å². The van der Waals surface area contributed by atoms with Crippen LogP contribution >= 0.6 is 0 Å². The zero-order valence-corrected chi connectivity index (χ0v) is 9.05. The molecule has 0 aliphatic heterocycles. The lowest BCUT2D eigenvalue weighted by atomic mass is 10.4. The Bertz CT molecular complexity index is 514. The Balaban J connectivity index is 1.58. The van der Waals surface area contributed by atoms with E-state index in [-0.39, 0.29) is 18.2 Å². The molecule has 0 radical (unpaired) electrons. The maximum Gasteiger partial charge on any atom is 0.287 e. The molecule has 2 heterocycles. The first kappa shape index (κ1) is 10.1. The number of amides is 1. The van der Waals surface area contributed by atoms with E-state index < -0.39 is 0 Å². The van der Waals surface area contributed by atoms with Crippen molar-refractivity contribution in [2.75, 3.05) is 0 Å². The molecule has 0 saturated heterocycles. The first-order chi connectivity index (χ1) is 8.33. The summed E-state index contributed by atoms with van der Waals surface area (Å²) in [7, 11) is 0.